The van der Waals surface area contributed by atoms with Crippen LogP contribution in [-0.4, -0.2) is 34.3 Å². The predicted octanol–water partition coefficient (Wildman–Crippen LogP) is 2.97. The van der Waals surface area contributed by atoms with Crippen LogP contribution < -0.4 is 10.6 Å². The van der Waals surface area contributed by atoms with Crippen molar-refractivity contribution in [2.45, 2.75) is 25.8 Å². The molecule has 0 unspecified atom stereocenters. The van der Waals surface area contributed by atoms with E-state index in [0.29, 0.717) is 6.54 Å². The van der Waals surface area contributed by atoms with E-state index in [1.807, 2.05) is 12.1 Å². The van der Waals surface area contributed by atoms with Crippen LogP contribution in [0.25, 0.3) is 5.69 Å². The first-order valence-electron chi connectivity index (χ1n) is 8.51. The van der Waals surface area contributed by atoms with Crippen molar-refractivity contribution in [1.82, 2.24) is 25.4 Å². The molecule has 136 valence electrons. The van der Waals surface area contributed by atoms with Gasteiger partial charge in [-0.15, -0.1) is 11.3 Å². The maximum Gasteiger partial charge on any atom is 0.191 e. The molecule has 3 rings (SSSR count). The summed E-state index contributed by atoms with van der Waals surface area (Å²) in [6, 6.07) is 12.5. The fourth-order valence-corrected chi connectivity index (χ4v) is 3.42. The molecular weight excluding hydrogens is 344 g/mol. The molecule has 7 heteroatoms. The van der Waals surface area contributed by atoms with Crippen LogP contribution in [0.2, 0.25) is 0 Å². The zero-order valence-corrected chi connectivity index (χ0v) is 16.1. The van der Waals surface area contributed by atoms with E-state index < -0.39 is 0 Å². The highest BCUT2D eigenvalue weighted by Gasteiger charge is 2.21. The Kier molecular flexibility index (Phi) is 5.68. The summed E-state index contributed by atoms with van der Waals surface area (Å²) in [7, 11) is 1.79. The lowest BCUT2D eigenvalue weighted by atomic mass is 9.91. The van der Waals surface area contributed by atoms with E-state index in [4.69, 9.17) is 0 Å². The van der Waals surface area contributed by atoms with Gasteiger partial charge in [0.25, 0.3) is 0 Å². The van der Waals surface area contributed by atoms with E-state index >= 15 is 0 Å². The molecule has 0 aliphatic carbocycles. The lowest BCUT2D eigenvalue weighted by Gasteiger charge is -2.25. The summed E-state index contributed by atoms with van der Waals surface area (Å²) >= 11 is 1.79. The summed E-state index contributed by atoms with van der Waals surface area (Å²) in [6.07, 6.45) is 3.22. The molecule has 1 aromatic carbocycles. The molecule has 2 N–H and O–H groups in total. The van der Waals surface area contributed by atoms with Gasteiger partial charge in [0, 0.05) is 30.4 Å². The van der Waals surface area contributed by atoms with Crippen molar-refractivity contribution in [2.75, 3.05) is 13.6 Å². The van der Waals surface area contributed by atoms with Crippen molar-refractivity contribution in [3.63, 3.8) is 0 Å². The van der Waals surface area contributed by atoms with E-state index in [9.17, 15) is 0 Å². The molecular formula is C19H24N6S. The Labute approximate surface area is 158 Å². The van der Waals surface area contributed by atoms with E-state index in [-0.39, 0.29) is 5.41 Å². The number of hydrogen-bond donors (Lipinski definition) is 2. The Balaban J connectivity index is 1.53. The predicted molar refractivity (Wildman–Crippen MR) is 107 cm³/mol. The second-order valence-corrected chi connectivity index (χ2v) is 7.59. The summed E-state index contributed by atoms with van der Waals surface area (Å²) in [5, 5.41) is 13.0. The molecule has 0 saturated heterocycles. The minimum atomic E-state index is 0.0607. The Hall–Kier alpha value is -2.67. The third-order valence-corrected chi connectivity index (χ3v) is 5.42. The largest absolute Gasteiger partial charge is 0.356 e. The van der Waals surface area contributed by atoms with Gasteiger partial charge in [0.1, 0.15) is 12.7 Å². The Morgan fingerprint density at radius 1 is 1.19 bits per heavy atom. The molecule has 0 amide bonds. The standard InChI is InChI=1S/C19H24N6S/c1-19(2,17-5-4-10-26-17)12-23-18(20-3)22-11-15-6-8-16(9-7-15)25-14-21-13-24-25/h4-10,13-14H,11-12H2,1-3H3,(H2,20,22,23). The van der Waals surface area contributed by atoms with Crippen LogP contribution in [0.5, 0.6) is 0 Å². The molecule has 2 aromatic heterocycles. The minimum absolute atomic E-state index is 0.0607. The van der Waals surface area contributed by atoms with Crippen LogP contribution in [-0.2, 0) is 12.0 Å². The highest BCUT2D eigenvalue weighted by atomic mass is 32.1. The van der Waals surface area contributed by atoms with Gasteiger partial charge in [0.15, 0.2) is 5.96 Å². The number of benzene rings is 1. The Bertz CT molecular complexity index is 820. The van der Waals surface area contributed by atoms with Crippen LogP contribution in [0.15, 0.2) is 59.4 Å². The zero-order chi connectivity index (χ0) is 18.4. The van der Waals surface area contributed by atoms with Gasteiger partial charge in [-0.3, -0.25) is 4.99 Å². The van der Waals surface area contributed by atoms with Gasteiger partial charge in [-0.2, -0.15) is 5.10 Å². The van der Waals surface area contributed by atoms with Gasteiger partial charge in [0.05, 0.1) is 5.69 Å². The number of thiophene rings is 1. The molecule has 0 bridgehead atoms. The molecule has 0 spiro atoms. The maximum absolute atomic E-state index is 4.32. The Morgan fingerprint density at radius 3 is 2.62 bits per heavy atom. The summed E-state index contributed by atoms with van der Waals surface area (Å²) < 4.78 is 1.74. The Morgan fingerprint density at radius 2 is 2.00 bits per heavy atom. The van der Waals surface area contributed by atoms with Crippen LogP contribution in [0.1, 0.15) is 24.3 Å². The molecule has 3 aromatic rings. The second kappa shape index (κ2) is 8.14. The monoisotopic (exact) mass is 368 g/mol. The molecule has 0 aliphatic heterocycles. The van der Waals surface area contributed by atoms with Crippen molar-refractivity contribution in [1.29, 1.82) is 0 Å². The third-order valence-electron chi connectivity index (χ3n) is 4.19. The molecule has 2 heterocycles. The number of nitrogens with one attached hydrogen (secondary N) is 2. The van der Waals surface area contributed by atoms with E-state index in [2.05, 4.69) is 69.2 Å². The number of hydrogen-bond acceptors (Lipinski definition) is 4. The van der Waals surface area contributed by atoms with Crippen molar-refractivity contribution in [3.8, 4) is 5.69 Å². The zero-order valence-electron chi connectivity index (χ0n) is 15.3. The van der Waals surface area contributed by atoms with Crippen molar-refractivity contribution < 1.29 is 0 Å². The van der Waals surface area contributed by atoms with Gasteiger partial charge < -0.3 is 10.6 Å². The van der Waals surface area contributed by atoms with Crippen molar-refractivity contribution in [3.05, 3.63) is 64.9 Å². The maximum atomic E-state index is 4.32. The highest BCUT2D eigenvalue weighted by Crippen LogP contribution is 2.26. The summed E-state index contributed by atoms with van der Waals surface area (Å²) in [5.41, 5.74) is 2.23. The van der Waals surface area contributed by atoms with Crippen molar-refractivity contribution >= 4 is 17.3 Å². The number of aliphatic imine (C=N–C) groups is 1. The van der Waals surface area contributed by atoms with Crippen LogP contribution in [0.3, 0.4) is 0 Å². The lowest BCUT2D eigenvalue weighted by molar-refractivity contribution is 0.518. The van der Waals surface area contributed by atoms with Gasteiger partial charge in [-0.05, 0) is 29.1 Å². The summed E-state index contributed by atoms with van der Waals surface area (Å²) in [5.74, 6) is 0.801. The smallest absolute Gasteiger partial charge is 0.191 e. The number of guanidine groups is 1. The number of rotatable bonds is 6. The van der Waals surface area contributed by atoms with Gasteiger partial charge in [-0.1, -0.05) is 32.0 Å². The molecule has 0 aliphatic rings. The van der Waals surface area contributed by atoms with Gasteiger partial charge in [-0.25, -0.2) is 9.67 Å². The first-order chi connectivity index (χ1) is 12.6. The highest BCUT2D eigenvalue weighted by molar-refractivity contribution is 7.10. The number of nitrogens with zero attached hydrogens (tertiary/aromatic N) is 4. The van der Waals surface area contributed by atoms with E-state index in [1.165, 1.54) is 16.8 Å². The molecule has 0 saturated carbocycles. The first kappa shape index (κ1) is 18.1. The molecule has 0 fully saturated rings. The summed E-state index contributed by atoms with van der Waals surface area (Å²) in [6.45, 7) is 6.00. The molecule has 6 nitrogen and oxygen atoms in total. The SMILES string of the molecule is CN=C(NCc1ccc(-n2cncn2)cc1)NCC(C)(C)c1cccs1. The number of aromatic nitrogens is 3. The summed E-state index contributed by atoms with van der Waals surface area (Å²) in [4.78, 5) is 9.65. The van der Waals surface area contributed by atoms with Crippen LogP contribution in [0, 0.1) is 0 Å². The fraction of sp³-hybridized carbons (Fsp3) is 0.316. The van der Waals surface area contributed by atoms with E-state index in [1.54, 1.807) is 29.4 Å². The van der Waals surface area contributed by atoms with Crippen molar-refractivity contribution in [2.24, 2.45) is 4.99 Å². The van der Waals surface area contributed by atoms with Gasteiger partial charge in [0.2, 0.25) is 0 Å². The second-order valence-electron chi connectivity index (χ2n) is 6.65. The lowest BCUT2D eigenvalue weighted by Crippen LogP contribution is -2.42. The quantitative estimate of drug-likeness (QED) is 0.518. The first-order valence-corrected chi connectivity index (χ1v) is 9.39. The molecule has 0 atom stereocenters. The fourth-order valence-electron chi connectivity index (χ4n) is 2.57. The van der Waals surface area contributed by atoms with Crippen LogP contribution in [0.4, 0.5) is 0 Å². The topological polar surface area (TPSA) is 67.1 Å². The van der Waals surface area contributed by atoms with Crippen LogP contribution >= 0.6 is 11.3 Å². The minimum Gasteiger partial charge on any atom is -0.356 e. The average Bonchev–Trinajstić information content (AvgIpc) is 3.36. The molecule has 0 radical (unpaired) electrons. The normalized spacial score (nSPS) is 12.2. The molecule has 26 heavy (non-hydrogen) atoms. The van der Waals surface area contributed by atoms with Gasteiger partial charge >= 0.3 is 0 Å². The van der Waals surface area contributed by atoms with E-state index in [0.717, 1.165) is 18.2 Å². The average molecular weight is 369 g/mol. The third kappa shape index (κ3) is 4.49.